The van der Waals surface area contributed by atoms with E-state index in [1.807, 2.05) is 0 Å². The fourth-order valence-corrected chi connectivity index (χ4v) is 8.67. The Balaban J connectivity index is 3.61. The van der Waals surface area contributed by atoms with Crippen LogP contribution in [-0.2, 0) is 33.4 Å². The molecule has 11 nitrogen and oxygen atoms in total. The Kier molecular flexibility index (Phi) is 43.4. The normalized spacial score (nSPS) is 14.4. The van der Waals surface area contributed by atoms with Gasteiger partial charge in [-0.05, 0) is 60.2 Å². The van der Waals surface area contributed by atoms with Crippen molar-refractivity contribution in [2.24, 2.45) is 47.3 Å². The van der Waals surface area contributed by atoms with E-state index in [0.29, 0.717) is 77.7 Å². The molecule has 0 saturated heterocycles. The van der Waals surface area contributed by atoms with Crippen LogP contribution in [0.25, 0.3) is 0 Å². The lowest BCUT2D eigenvalue weighted by Gasteiger charge is -2.16. The molecule has 0 aliphatic rings. The topological polar surface area (TPSA) is 144 Å². The van der Waals surface area contributed by atoms with Crippen LogP contribution in [0.1, 0.15) is 223 Å². The van der Waals surface area contributed by atoms with Gasteiger partial charge in [0.05, 0.1) is 39.6 Å². The summed E-state index contributed by atoms with van der Waals surface area (Å²) in [5.74, 6) is 5.61. The largest absolute Gasteiger partial charge is 0.377 e. The summed E-state index contributed by atoms with van der Waals surface area (Å²) in [7, 11) is 0. The van der Waals surface area contributed by atoms with E-state index in [-0.39, 0.29) is 49.3 Å². The highest BCUT2D eigenvalue weighted by Crippen LogP contribution is 2.24. The molecule has 0 saturated carbocycles. The average molecular weight is 952 g/mol. The zero-order valence-electron chi connectivity index (χ0n) is 45.5. The van der Waals surface area contributed by atoms with Crippen molar-refractivity contribution >= 4 is 23.6 Å². The molecule has 396 valence electrons. The fraction of sp³-hybridized carbons (Fsp3) is 0.929. The summed E-state index contributed by atoms with van der Waals surface area (Å²) in [6.45, 7) is 27.8. The molecule has 0 spiro atoms. The van der Waals surface area contributed by atoms with Crippen molar-refractivity contribution in [1.29, 1.82) is 0 Å². The zero-order valence-corrected chi connectivity index (χ0v) is 45.5. The first-order chi connectivity index (χ1) is 32.1. The van der Waals surface area contributed by atoms with Gasteiger partial charge in [0.2, 0.25) is 23.6 Å². The second-order valence-corrected chi connectivity index (χ2v) is 21.8. The molecule has 0 heterocycles. The first-order valence-electron chi connectivity index (χ1n) is 27.9. The smallest absolute Gasteiger partial charge is 0.220 e. The highest BCUT2D eigenvalue weighted by atomic mass is 16.5. The lowest BCUT2D eigenvalue weighted by atomic mass is 9.91. The summed E-state index contributed by atoms with van der Waals surface area (Å²) < 4.78 is 16.6. The van der Waals surface area contributed by atoms with E-state index in [0.717, 1.165) is 48.3 Å². The summed E-state index contributed by atoms with van der Waals surface area (Å²) in [5, 5.41) is 11.6. The number of hydrogen-bond acceptors (Lipinski definition) is 7. The molecule has 0 rings (SSSR count). The molecular weight excluding hydrogens is 841 g/mol. The van der Waals surface area contributed by atoms with Crippen molar-refractivity contribution in [2.45, 2.75) is 223 Å². The minimum atomic E-state index is -0.156. The monoisotopic (exact) mass is 951 g/mol. The van der Waals surface area contributed by atoms with Gasteiger partial charge in [0.1, 0.15) is 0 Å². The van der Waals surface area contributed by atoms with Gasteiger partial charge >= 0.3 is 0 Å². The lowest BCUT2D eigenvalue weighted by molar-refractivity contribution is -0.126. The van der Waals surface area contributed by atoms with Crippen LogP contribution in [0.2, 0.25) is 0 Å². The summed E-state index contributed by atoms with van der Waals surface area (Å²) in [6, 6.07) is 0. The van der Waals surface area contributed by atoms with Crippen molar-refractivity contribution in [3.8, 4) is 0 Å². The van der Waals surface area contributed by atoms with Crippen molar-refractivity contribution < 1.29 is 33.4 Å². The van der Waals surface area contributed by atoms with Crippen LogP contribution < -0.4 is 21.3 Å². The van der Waals surface area contributed by atoms with Crippen LogP contribution in [0, 0.1) is 47.3 Å². The average Bonchev–Trinajstić information content (AvgIpc) is 3.26. The fourth-order valence-electron chi connectivity index (χ4n) is 8.67. The summed E-state index contributed by atoms with van der Waals surface area (Å²) in [6.07, 6.45) is 26.4. The maximum Gasteiger partial charge on any atom is 0.220 e. The molecule has 0 bridgehead atoms. The maximum absolute atomic E-state index is 12.3. The highest BCUT2D eigenvalue weighted by Gasteiger charge is 2.13. The van der Waals surface area contributed by atoms with Crippen LogP contribution in [0.15, 0.2) is 0 Å². The zero-order chi connectivity index (χ0) is 49.9. The van der Waals surface area contributed by atoms with E-state index in [9.17, 15) is 19.2 Å². The maximum atomic E-state index is 12.3. The summed E-state index contributed by atoms with van der Waals surface area (Å²) >= 11 is 0. The van der Waals surface area contributed by atoms with Crippen LogP contribution in [0.5, 0.6) is 0 Å². The van der Waals surface area contributed by atoms with Crippen molar-refractivity contribution in [1.82, 2.24) is 21.3 Å². The van der Waals surface area contributed by atoms with Crippen molar-refractivity contribution in [3.63, 3.8) is 0 Å². The van der Waals surface area contributed by atoms with E-state index < -0.39 is 0 Å². The van der Waals surface area contributed by atoms with Gasteiger partial charge < -0.3 is 35.5 Å². The second kappa shape index (κ2) is 44.9. The van der Waals surface area contributed by atoms with Crippen LogP contribution >= 0.6 is 0 Å². The Bertz CT molecular complexity index is 1100. The molecule has 4 N–H and O–H groups in total. The summed E-state index contributed by atoms with van der Waals surface area (Å²) in [4.78, 5) is 48.9. The van der Waals surface area contributed by atoms with Gasteiger partial charge in [0, 0.05) is 51.9 Å². The number of carbonyl (C=O) groups excluding carboxylic acids is 4. The van der Waals surface area contributed by atoms with Crippen LogP contribution in [-0.4, -0.2) is 89.4 Å². The number of amides is 4. The summed E-state index contributed by atoms with van der Waals surface area (Å²) in [5.41, 5.74) is 0. The van der Waals surface area contributed by atoms with Gasteiger partial charge in [0.25, 0.3) is 0 Å². The third-order valence-electron chi connectivity index (χ3n) is 13.5. The third-order valence-corrected chi connectivity index (χ3v) is 13.5. The third kappa shape index (κ3) is 47.2. The molecule has 0 aliphatic heterocycles. The molecule has 6 unspecified atom stereocenters. The Morgan fingerprint density at radius 2 is 0.493 bits per heavy atom. The highest BCUT2D eigenvalue weighted by molar-refractivity contribution is 5.84. The van der Waals surface area contributed by atoms with Gasteiger partial charge in [-0.3, -0.25) is 19.2 Å². The number of hydrogen-bond donors (Lipinski definition) is 4. The SMILES string of the molecule is CC(C)CCCC(C)CCCC(C)CCCC(C)CCNC(=O)CCC(=O)NCCOCCOCCOCCNC(=O)CCC(=O)NCCC(C)CCCC(C)CCCC(C)CCCC(C)C. The van der Waals surface area contributed by atoms with Crippen LogP contribution in [0.3, 0.4) is 0 Å². The molecule has 0 aliphatic carbocycles. The van der Waals surface area contributed by atoms with Crippen molar-refractivity contribution in [3.05, 3.63) is 0 Å². The molecule has 11 heteroatoms. The Morgan fingerprint density at radius 3 is 0.746 bits per heavy atom. The quantitative estimate of drug-likeness (QED) is 0.0445. The molecule has 0 aromatic carbocycles. The van der Waals surface area contributed by atoms with E-state index in [1.54, 1.807) is 0 Å². The van der Waals surface area contributed by atoms with Crippen LogP contribution in [0.4, 0.5) is 0 Å². The predicted molar refractivity (Wildman–Crippen MR) is 280 cm³/mol. The lowest BCUT2D eigenvalue weighted by Crippen LogP contribution is -2.30. The van der Waals surface area contributed by atoms with Gasteiger partial charge in [-0.2, -0.15) is 0 Å². The van der Waals surface area contributed by atoms with Crippen molar-refractivity contribution in [2.75, 3.05) is 65.8 Å². The Hall–Kier alpha value is -2.24. The molecule has 67 heavy (non-hydrogen) atoms. The molecule has 0 aromatic rings. The first kappa shape index (κ1) is 64.8. The minimum Gasteiger partial charge on any atom is -0.377 e. The van der Waals surface area contributed by atoms with Gasteiger partial charge in [0.15, 0.2) is 0 Å². The van der Waals surface area contributed by atoms with Gasteiger partial charge in [-0.25, -0.2) is 0 Å². The van der Waals surface area contributed by atoms with E-state index in [2.05, 4.69) is 90.5 Å². The Morgan fingerprint density at radius 1 is 0.284 bits per heavy atom. The second-order valence-electron chi connectivity index (χ2n) is 21.8. The molecule has 0 radical (unpaired) electrons. The molecule has 0 fully saturated rings. The van der Waals surface area contributed by atoms with E-state index in [4.69, 9.17) is 14.2 Å². The van der Waals surface area contributed by atoms with Gasteiger partial charge in [-0.1, -0.05) is 185 Å². The number of carbonyl (C=O) groups is 4. The minimum absolute atomic E-state index is 0.0765. The molecular formula is C56H110N4O7. The molecule has 6 atom stereocenters. The Labute approximate surface area is 413 Å². The predicted octanol–water partition coefficient (Wildman–Crippen LogP) is 12.0. The van der Waals surface area contributed by atoms with E-state index in [1.165, 1.54) is 116 Å². The molecule has 4 amide bonds. The standard InChI is InChI=1S/C56H110N4O7/c1-45(2)17-11-19-47(5)21-13-23-49(7)25-15-27-51(9)33-35-57-53(61)29-31-55(63)59-37-39-65-41-43-67-44-42-66-40-38-60-56(64)32-30-54(62)58-36-34-52(10)28-16-26-50(8)24-14-22-48(6)20-12-18-46(3)4/h45-52H,11-44H2,1-10H3,(H,57,61)(H,58,62)(H,59,63)(H,60,64). The van der Waals surface area contributed by atoms with Gasteiger partial charge in [-0.15, -0.1) is 0 Å². The number of ether oxygens (including phenoxy) is 3. The molecule has 0 aromatic heterocycles. The number of nitrogens with one attached hydrogen (secondary N) is 4. The number of rotatable bonds is 48. The first-order valence-corrected chi connectivity index (χ1v) is 27.9. The van der Waals surface area contributed by atoms with E-state index >= 15 is 0 Å².